The van der Waals surface area contributed by atoms with Crippen LogP contribution in [0.3, 0.4) is 0 Å². The Morgan fingerprint density at radius 1 is 1.03 bits per heavy atom. The molecule has 9 nitrogen and oxygen atoms in total. The Morgan fingerprint density at radius 3 is 2.25 bits per heavy atom. The van der Waals surface area contributed by atoms with Crippen molar-refractivity contribution in [3.05, 3.63) is 65.7 Å². The predicted molar refractivity (Wildman–Crippen MR) is 116 cm³/mol. The second-order valence-corrected chi connectivity index (χ2v) is 9.71. The predicted octanol–water partition coefficient (Wildman–Crippen LogP) is 1.97. The van der Waals surface area contributed by atoms with Gasteiger partial charge < -0.3 is 5.32 Å². The molecule has 0 spiro atoms. The van der Waals surface area contributed by atoms with E-state index in [0.29, 0.717) is 30.1 Å². The maximum atomic E-state index is 13.1. The summed E-state index contributed by atoms with van der Waals surface area (Å²) in [5, 5.41) is 3.36. The highest BCUT2D eigenvalue weighted by Gasteiger charge is 2.52. The van der Waals surface area contributed by atoms with E-state index in [1.165, 1.54) is 28.6 Å². The van der Waals surface area contributed by atoms with Crippen LogP contribution in [0, 0.1) is 0 Å². The molecule has 1 atom stereocenters. The van der Waals surface area contributed by atoms with Gasteiger partial charge >= 0.3 is 6.03 Å². The van der Waals surface area contributed by atoms with Gasteiger partial charge in [-0.3, -0.25) is 15.0 Å². The number of imide groups is 1. The lowest BCUT2D eigenvalue weighted by molar-refractivity contribution is -0.133. The molecule has 2 aromatic carbocycles. The molecule has 0 aromatic heterocycles. The topological polar surface area (TPSA) is 116 Å². The summed E-state index contributed by atoms with van der Waals surface area (Å²) >= 11 is 0. The summed E-state index contributed by atoms with van der Waals surface area (Å²) in [6.45, 7) is 2.74. The molecule has 2 saturated heterocycles. The molecular weight excluding hydrogens is 432 g/mol. The van der Waals surface area contributed by atoms with E-state index in [4.69, 9.17) is 0 Å². The van der Waals surface area contributed by atoms with Crippen LogP contribution in [0.4, 0.5) is 4.79 Å². The zero-order valence-corrected chi connectivity index (χ0v) is 18.4. The average molecular weight is 457 g/mol. The molecule has 2 aliphatic heterocycles. The number of hydrazine groups is 1. The minimum Gasteiger partial charge on any atom is -0.318 e. The third-order valence-corrected chi connectivity index (χ3v) is 7.83. The van der Waals surface area contributed by atoms with Gasteiger partial charge in [0.15, 0.2) is 0 Å². The molecule has 0 saturated carbocycles. The van der Waals surface area contributed by atoms with Gasteiger partial charge in [0, 0.05) is 18.7 Å². The summed E-state index contributed by atoms with van der Waals surface area (Å²) in [6.07, 6.45) is 1.96. The number of carbonyl (C=O) groups is 3. The summed E-state index contributed by atoms with van der Waals surface area (Å²) in [5.74, 6) is -1.28. The Kier molecular flexibility index (Phi) is 5.74. The third-order valence-electron chi connectivity index (χ3n) is 5.92. The van der Waals surface area contributed by atoms with Gasteiger partial charge in [-0.15, -0.1) is 0 Å². The maximum absolute atomic E-state index is 13.1. The quantitative estimate of drug-likeness (QED) is 0.645. The third kappa shape index (κ3) is 3.65. The molecule has 2 N–H and O–H groups in total. The number of carbonyl (C=O) groups excluding carboxylic acids is 3. The van der Waals surface area contributed by atoms with E-state index in [0.717, 1.165) is 12.8 Å². The average Bonchev–Trinajstić information content (AvgIpc) is 3.44. The number of sulfonamides is 1. The fraction of sp³-hybridized carbons (Fsp3) is 0.318. The number of amides is 4. The van der Waals surface area contributed by atoms with Crippen molar-refractivity contribution in [2.24, 2.45) is 0 Å². The molecule has 4 rings (SSSR count). The number of rotatable bonds is 6. The van der Waals surface area contributed by atoms with Gasteiger partial charge in [0.1, 0.15) is 5.54 Å². The van der Waals surface area contributed by atoms with Crippen molar-refractivity contribution in [3.8, 4) is 0 Å². The van der Waals surface area contributed by atoms with Crippen molar-refractivity contribution < 1.29 is 22.8 Å². The first-order chi connectivity index (χ1) is 15.3. The van der Waals surface area contributed by atoms with Crippen LogP contribution >= 0.6 is 0 Å². The number of nitrogens with one attached hydrogen (secondary N) is 2. The van der Waals surface area contributed by atoms with E-state index in [1.807, 2.05) is 0 Å². The zero-order valence-electron chi connectivity index (χ0n) is 17.6. The highest BCUT2D eigenvalue weighted by Crippen LogP contribution is 2.31. The van der Waals surface area contributed by atoms with Gasteiger partial charge in [-0.25, -0.2) is 13.2 Å². The van der Waals surface area contributed by atoms with Crippen LogP contribution in [0.5, 0.6) is 0 Å². The van der Waals surface area contributed by atoms with E-state index < -0.39 is 33.4 Å². The Labute approximate surface area is 186 Å². The summed E-state index contributed by atoms with van der Waals surface area (Å²) in [5.41, 5.74) is 1.82. The van der Waals surface area contributed by atoms with Crippen LogP contribution in [-0.2, 0) is 20.4 Å². The molecule has 2 heterocycles. The van der Waals surface area contributed by atoms with Crippen molar-refractivity contribution in [1.29, 1.82) is 0 Å². The molecule has 168 valence electrons. The lowest BCUT2D eigenvalue weighted by Crippen LogP contribution is -2.48. The van der Waals surface area contributed by atoms with Crippen LogP contribution in [0.25, 0.3) is 0 Å². The second kappa shape index (κ2) is 8.36. The zero-order chi connectivity index (χ0) is 22.9. The van der Waals surface area contributed by atoms with E-state index >= 15 is 0 Å². The molecule has 4 amide bonds. The largest absolute Gasteiger partial charge is 0.344 e. The smallest absolute Gasteiger partial charge is 0.318 e. The van der Waals surface area contributed by atoms with E-state index in [-0.39, 0.29) is 10.5 Å². The van der Waals surface area contributed by atoms with Crippen molar-refractivity contribution in [3.63, 3.8) is 0 Å². The molecule has 2 aliphatic rings. The number of urea groups is 1. The van der Waals surface area contributed by atoms with E-state index in [9.17, 15) is 22.8 Å². The fourth-order valence-corrected chi connectivity index (χ4v) is 5.58. The van der Waals surface area contributed by atoms with Gasteiger partial charge in [-0.1, -0.05) is 37.3 Å². The Hall–Kier alpha value is -3.24. The SMILES string of the molecule is CC[C@]1(c2ccccc2)NC(=O)N(NC(=O)c2ccc(S(=O)(=O)N3CCCC3)cc2)C1=O. The van der Waals surface area contributed by atoms with Crippen LogP contribution in [-0.4, -0.2) is 48.7 Å². The Morgan fingerprint density at radius 2 is 1.66 bits per heavy atom. The van der Waals surface area contributed by atoms with Crippen LogP contribution in [0.1, 0.15) is 42.1 Å². The summed E-state index contributed by atoms with van der Waals surface area (Å²) in [4.78, 5) is 38.4. The van der Waals surface area contributed by atoms with Crippen LogP contribution in [0.2, 0.25) is 0 Å². The molecule has 2 aromatic rings. The lowest BCUT2D eigenvalue weighted by atomic mass is 9.87. The molecule has 0 unspecified atom stereocenters. The number of benzene rings is 2. The van der Waals surface area contributed by atoms with Gasteiger partial charge in [-0.2, -0.15) is 9.31 Å². The van der Waals surface area contributed by atoms with Crippen molar-refractivity contribution >= 4 is 27.9 Å². The first-order valence-electron chi connectivity index (χ1n) is 10.4. The fourth-order valence-electron chi connectivity index (χ4n) is 4.06. The van der Waals surface area contributed by atoms with Gasteiger partial charge in [0.2, 0.25) is 10.0 Å². The van der Waals surface area contributed by atoms with Crippen molar-refractivity contribution in [2.75, 3.05) is 13.1 Å². The maximum Gasteiger partial charge on any atom is 0.344 e. The van der Waals surface area contributed by atoms with E-state index in [1.54, 1.807) is 37.3 Å². The van der Waals surface area contributed by atoms with Gasteiger partial charge in [-0.05, 0) is 49.1 Å². The van der Waals surface area contributed by atoms with Crippen LogP contribution < -0.4 is 10.7 Å². The summed E-state index contributed by atoms with van der Waals surface area (Å²) < 4.78 is 26.7. The molecule has 32 heavy (non-hydrogen) atoms. The minimum atomic E-state index is -3.60. The number of hydrogen-bond acceptors (Lipinski definition) is 5. The van der Waals surface area contributed by atoms with Gasteiger partial charge in [0.05, 0.1) is 4.90 Å². The highest BCUT2D eigenvalue weighted by molar-refractivity contribution is 7.89. The molecule has 0 bridgehead atoms. The Balaban J connectivity index is 1.51. The molecule has 2 fully saturated rings. The minimum absolute atomic E-state index is 0.0972. The summed E-state index contributed by atoms with van der Waals surface area (Å²) in [6, 6.07) is 13.5. The van der Waals surface area contributed by atoms with Crippen molar-refractivity contribution in [2.45, 2.75) is 36.6 Å². The standard InChI is InChI=1S/C22H24N4O5S/c1-2-22(17-8-4-3-5-9-17)20(28)26(21(29)23-22)24-19(27)16-10-12-18(13-11-16)32(30,31)25-14-6-7-15-25/h3-5,8-13H,2,6-7,14-15H2,1H3,(H,23,29)(H,24,27)/t22-/m1/s1. The molecular formula is C22H24N4O5S. The van der Waals surface area contributed by atoms with Gasteiger partial charge in [0.25, 0.3) is 11.8 Å². The number of hydrogen-bond donors (Lipinski definition) is 2. The highest BCUT2D eigenvalue weighted by atomic mass is 32.2. The number of nitrogens with zero attached hydrogens (tertiary/aromatic N) is 2. The van der Waals surface area contributed by atoms with E-state index in [2.05, 4.69) is 10.7 Å². The molecule has 0 aliphatic carbocycles. The van der Waals surface area contributed by atoms with Crippen molar-refractivity contribution in [1.82, 2.24) is 20.1 Å². The monoisotopic (exact) mass is 456 g/mol. The van der Waals surface area contributed by atoms with Crippen LogP contribution in [0.15, 0.2) is 59.5 Å². The molecule has 10 heteroatoms. The second-order valence-electron chi connectivity index (χ2n) is 7.77. The Bertz CT molecular complexity index is 1140. The first-order valence-corrected chi connectivity index (χ1v) is 11.9. The normalized spacial score (nSPS) is 21.6. The molecule has 0 radical (unpaired) electrons. The summed E-state index contributed by atoms with van der Waals surface area (Å²) in [7, 11) is -3.60. The lowest BCUT2D eigenvalue weighted by Gasteiger charge is -2.25. The first kappa shape index (κ1) is 22.0.